The number of aliphatic carboxylic acids is 1. The Morgan fingerprint density at radius 2 is 1.90 bits per heavy atom. The second kappa shape index (κ2) is 10.3. The Morgan fingerprint density at radius 3 is 2.45 bits per heavy atom. The minimum absolute atomic E-state index is 0.0307. The molecule has 5 nitrogen and oxygen atoms in total. The number of hydrogen-bond donors (Lipinski definition) is 2. The predicted octanol–water partition coefficient (Wildman–Crippen LogP) is 5.64. The highest BCUT2D eigenvalue weighted by molar-refractivity contribution is 6.30. The van der Waals surface area contributed by atoms with E-state index in [0.717, 1.165) is 6.07 Å². The quantitative estimate of drug-likeness (QED) is 0.506. The third-order valence-electron chi connectivity index (χ3n) is 4.18. The van der Waals surface area contributed by atoms with Crippen molar-refractivity contribution in [3.63, 3.8) is 0 Å². The number of halogens is 4. The number of alkyl halides is 3. The number of aliphatic imine (C=N–C) groups is 1. The zero-order chi connectivity index (χ0) is 23.2. The van der Waals surface area contributed by atoms with Crippen LogP contribution in [0.15, 0.2) is 59.2 Å². The van der Waals surface area contributed by atoms with Crippen LogP contribution in [0.2, 0.25) is 5.02 Å². The summed E-state index contributed by atoms with van der Waals surface area (Å²) in [5.74, 6) is -2.28. The lowest BCUT2D eigenvalue weighted by Gasteiger charge is -2.16. The minimum atomic E-state index is -4.68. The van der Waals surface area contributed by atoms with Crippen LogP contribution in [-0.4, -0.2) is 23.4 Å². The molecule has 166 valence electrons. The van der Waals surface area contributed by atoms with Gasteiger partial charge in [0.05, 0.1) is 22.9 Å². The van der Waals surface area contributed by atoms with Gasteiger partial charge >= 0.3 is 12.1 Å². The molecule has 0 spiro atoms. The lowest BCUT2D eigenvalue weighted by molar-refractivity contribution is -0.141. The van der Waals surface area contributed by atoms with Crippen molar-refractivity contribution in [3.05, 3.63) is 70.4 Å². The summed E-state index contributed by atoms with van der Waals surface area (Å²) >= 11 is 5.85. The first kappa shape index (κ1) is 24.3. The molecule has 0 aromatic heterocycles. The van der Waals surface area contributed by atoms with Crippen LogP contribution in [0.1, 0.15) is 25.0 Å². The highest BCUT2D eigenvalue weighted by Gasteiger charge is 2.35. The average molecular weight is 455 g/mol. The van der Waals surface area contributed by atoms with Crippen molar-refractivity contribution in [2.45, 2.75) is 26.4 Å². The minimum Gasteiger partial charge on any atom is -0.487 e. The fourth-order valence-corrected chi connectivity index (χ4v) is 2.82. The van der Waals surface area contributed by atoms with Crippen LogP contribution in [0.25, 0.3) is 0 Å². The van der Waals surface area contributed by atoms with Gasteiger partial charge in [0.1, 0.15) is 12.4 Å². The Kier molecular flexibility index (Phi) is 8.10. The zero-order valence-corrected chi connectivity index (χ0v) is 17.7. The molecule has 0 aliphatic carbocycles. The Labute approximate surface area is 183 Å². The van der Waals surface area contributed by atoms with E-state index in [1.807, 2.05) is 0 Å². The molecule has 0 aliphatic rings. The number of carbonyl (C=O) groups is 1. The maximum Gasteiger partial charge on any atom is 0.419 e. The average Bonchev–Trinajstić information content (AvgIpc) is 2.67. The second-order valence-electron chi connectivity index (χ2n) is 7.03. The maximum absolute atomic E-state index is 13.6. The monoisotopic (exact) mass is 454 g/mol. The van der Waals surface area contributed by atoms with E-state index in [1.165, 1.54) is 25.1 Å². The van der Waals surface area contributed by atoms with E-state index in [9.17, 15) is 18.0 Å². The fraction of sp³-hybridized carbons (Fsp3) is 0.273. The smallest absolute Gasteiger partial charge is 0.419 e. The van der Waals surface area contributed by atoms with Gasteiger partial charge in [-0.25, -0.2) is 4.99 Å². The number of carboxylic acid groups (broad SMARTS) is 1. The molecule has 2 aromatic carbocycles. The van der Waals surface area contributed by atoms with Gasteiger partial charge < -0.3 is 15.6 Å². The van der Waals surface area contributed by atoms with Gasteiger partial charge in [0.2, 0.25) is 0 Å². The number of nitrogens with zero attached hydrogens (tertiary/aromatic N) is 1. The second-order valence-corrected chi connectivity index (χ2v) is 7.46. The molecule has 1 unspecified atom stereocenters. The first-order valence-electron chi connectivity index (χ1n) is 9.28. The van der Waals surface area contributed by atoms with E-state index >= 15 is 0 Å². The van der Waals surface area contributed by atoms with Gasteiger partial charge in [0.25, 0.3) is 0 Å². The standard InChI is InChI=1S/C22H22ClF3N2O3/c1-13(21(29)30)9-15-3-8-20(19(11-15)22(24,25)26)31-12-18(10-14(2)27)28-17-6-4-16(23)5-7-17/h3-8,10-11,13H,9,12,27H2,1-2H3,(H,29,30). The molecule has 0 amide bonds. The summed E-state index contributed by atoms with van der Waals surface area (Å²) in [4.78, 5) is 15.4. The molecule has 0 saturated heterocycles. The van der Waals surface area contributed by atoms with E-state index in [2.05, 4.69) is 4.99 Å². The number of benzene rings is 2. The molecular weight excluding hydrogens is 433 g/mol. The number of hydrogen-bond acceptors (Lipinski definition) is 4. The van der Waals surface area contributed by atoms with Crippen LogP contribution >= 0.6 is 11.6 Å². The van der Waals surface area contributed by atoms with Gasteiger partial charge in [-0.2, -0.15) is 13.2 Å². The van der Waals surface area contributed by atoms with Crippen molar-refractivity contribution in [2.75, 3.05) is 6.61 Å². The van der Waals surface area contributed by atoms with E-state index in [4.69, 9.17) is 27.2 Å². The maximum atomic E-state index is 13.6. The Balaban J connectivity index is 2.30. The molecule has 0 heterocycles. The van der Waals surface area contributed by atoms with Crippen molar-refractivity contribution in [1.29, 1.82) is 0 Å². The number of nitrogens with two attached hydrogens (primary N) is 1. The SMILES string of the molecule is CC(N)=CC(COc1ccc(CC(C)C(=O)O)cc1C(F)(F)F)=Nc1ccc(Cl)cc1. The number of ether oxygens (including phenoxy) is 1. The van der Waals surface area contributed by atoms with Crippen molar-refractivity contribution < 1.29 is 27.8 Å². The first-order valence-corrected chi connectivity index (χ1v) is 9.66. The summed E-state index contributed by atoms with van der Waals surface area (Å²) in [7, 11) is 0. The lowest BCUT2D eigenvalue weighted by atomic mass is 9.99. The van der Waals surface area contributed by atoms with Gasteiger partial charge in [-0.05, 0) is 61.4 Å². The van der Waals surface area contributed by atoms with Crippen molar-refractivity contribution in [3.8, 4) is 5.75 Å². The van der Waals surface area contributed by atoms with Crippen molar-refractivity contribution >= 4 is 29.0 Å². The van der Waals surface area contributed by atoms with Crippen molar-refractivity contribution in [2.24, 2.45) is 16.6 Å². The first-order chi connectivity index (χ1) is 14.5. The third kappa shape index (κ3) is 7.64. The van der Waals surface area contributed by atoms with Crippen LogP contribution < -0.4 is 10.5 Å². The molecule has 3 N–H and O–H groups in total. The van der Waals surface area contributed by atoms with Crippen LogP contribution in [0, 0.1) is 5.92 Å². The van der Waals surface area contributed by atoms with Crippen molar-refractivity contribution in [1.82, 2.24) is 0 Å². The van der Waals surface area contributed by atoms with E-state index in [1.54, 1.807) is 31.2 Å². The predicted molar refractivity (Wildman–Crippen MR) is 114 cm³/mol. The van der Waals surface area contributed by atoms with Gasteiger partial charge in [0.15, 0.2) is 0 Å². The molecule has 0 aliphatic heterocycles. The van der Waals surface area contributed by atoms with Crippen LogP contribution in [0.3, 0.4) is 0 Å². The molecule has 0 saturated carbocycles. The zero-order valence-electron chi connectivity index (χ0n) is 16.9. The van der Waals surface area contributed by atoms with Crippen LogP contribution in [-0.2, 0) is 17.4 Å². The van der Waals surface area contributed by atoms with Crippen LogP contribution in [0.4, 0.5) is 18.9 Å². The molecule has 31 heavy (non-hydrogen) atoms. The summed E-state index contributed by atoms with van der Waals surface area (Å²) in [6, 6.07) is 10.1. The molecular formula is C22H22ClF3N2O3. The Morgan fingerprint density at radius 1 is 1.26 bits per heavy atom. The van der Waals surface area contributed by atoms with Gasteiger partial charge in [0, 0.05) is 10.7 Å². The third-order valence-corrected chi connectivity index (χ3v) is 4.43. The van der Waals surface area contributed by atoms with E-state index in [-0.39, 0.29) is 24.3 Å². The lowest BCUT2D eigenvalue weighted by Crippen LogP contribution is -2.16. The molecule has 0 radical (unpaired) electrons. The Hall–Kier alpha value is -3.00. The summed E-state index contributed by atoms with van der Waals surface area (Å²) in [5, 5.41) is 9.52. The summed E-state index contributed by atoms with van der Waals surface area (Å²) in [6.45, 7) is 2.79. The van der Waals surface area contributed by atoms with Gasteiger partial charge in [-0.3, -0.25) is 4.79 Å². The summed E-state index contributed by atoms with van der Waals surface area (Å²) in [5.41, 5.74) is 6.24. The largest absolute Gasteiger partial charge is 0.487 e. The summed E-state index contributed by atoms with van der Waals surface area (Å²) in [6.07, 6.45) is -3.20. The number of allylic oxidation sites excluding steroid dienone is 1. The Bertz CT molecular complexity index is 982. The van der Waals surface area contributed by atoms with Gasteiger partial charge in [-0.1, -0.05) is 24.6 Å². The molecule has 2 rings (SSSR count). The highest BCUT2D eigenvalue weighted by atomic mass is 35.5. The van der Waals surface area contributed by atoms with E-state index in [0.29, 0.717) is 22.1 Å². The molecule has 1 atom stereocenters. The normalized spacial score (nSPS) is 13.7. The fourth-order valence-electron chi connectivity index (χ4n) is 2.69. The van der Waals surface area contributed by atoms with Crippen LogP contribution in [0.5, 0.6) is 5.75 Å². The molecule has 0 bridgehead atoms. The molecule has 9 heteroatoms. The summed E-state index contributed by atoms with van der Waals surface area (Å²) < 4.78 is 46.2. The molecule has 0 fully saturated rings. The number of rotatable bonds is 8. The van der Waals surface area contributed by atoms with Gasteiger partial charge in [-0.15, -0.1) is 0 Å². The highest BCUT2D eigenvalue weighted by Crippen LogP contribution is 2.37. The number of carboxylic acids is 1. The molecule has 2 aromatic rings. The topological polar surface area (TPSA) is 84.9 Å². The van der Waals surface area contributed by atoms with E-state index < -0.39 is 23.6 Å².